The highest BCUT2D eigenvalue weighted by molar-refractivity contribution is 7.80. The molecule has 6 heteroatoms. The minimum Gasteiger partial charge on any atom is -0.457 e. The van der Waals surface area contributed by atoms with E-state index >= 15 is 0 Å². The molecule has 1 amide bonds. The smallest absolute Gasteiger partial charge is 0.250 e. The molecular formula is C21H15N3O2S. The minimum absolute atomic E-state index is 0.108. The number of benzene rings is 2. The first kappa shape index (κ1) is 18.1. The van der Waals surface area contributed by atoms with Crippen LogP contribution in [0.3, 0.4) is 0 Å². The number of hydrogen-bond donors (Lipinski definition) is 2. The summed E-state index contributed by atoms with van der Waals surface area (Å²) in [5.74, 6) is 0.873. The van der Waals surface area contributed by atoms with E-state index in [1.165, 1.54) is 6.08 Å². The first-order valence-electron chi connectivity index (χ1n) is 8.10. The Kier molecular flexibility index (Phi) is 5.77. The topological polar surface area (TPSA) is 78.1 Å². The molecule has 0 atom stereocenters. The second-order valence-corrected chi connectivity index (χ2v) is 5.91. The molecule has 2 aromatic carbocycles. The van der Waals surface area contributed by atoms with Crippen molar-refractivity contribution in [3.8, 4) is 17.4 Å². The highest BCUT2D eigenvalue weighted by atomic mass is 32.1. The van der Waals surface area contributed by atoms with Gasteiger partial charge in [0.05, 0.1) is 11.3 Å². The zero-order chi connectivity index (χ0) is 19.1. The number of amides is 1. The molecule has 0 bridgehead atoms. The SMILES string of the molecule is N#Cc1ccccc1NC(=S)NC(=O)/C=C/c1ccc(-c2ccccc2)o1. The molecular weight excluding hydrogens is 358 g/mol. The van der Waals surface area contributed by atoms with Crippen LogP contribution in [0.4, 0.5) is 5.69 Å². The molecule has 0 saturated heterocycles. The Morgan fingerprint density at radius 1 is 1.04 bits per heavy atom. The van der Waals surface area contributed by atoms with Gasteiger partial charge >= 0.3 is 0 Å². The lowest BCUT2D eigenvalue weighted by Gasteiger charge is -2.09. The average Bonchev–Trinajstić information content (AvgIpc) is 3.16. The maximum Gasteiger partial charge on any atom is 0.250 e. The van der Waals surface area contributed by atoms with E-state index < -0.39 is 5.91 Å². The summed E-state index contributed by atoms with van der Waals surface area (Å²) in [7, 11) is 0. The zero-order valence-electron chi connectivity index (χ0n) is 14.2. The van der Waals surface area contributed by atoms with Gasteiger partial charge in [-0.2, -0.15) is 5.26 Å². The van der Waals surface area contributed by atoms with Gasteiger partial charge in [0.2, 0.25) is 5.91 Å². The van der Waals surface area contributed by atoms with Crippen molar-refractivity contribution in [2.24, 2.45) is 0 Å². The summed E-state index contributed by atoms with van der Waals surface area (Å²) < 4.78 is 5.70. The summed E-state index contributed by atoms with van der Waals surface area (Å²) in [6.45, 7) is 0. The molecule has 1 aromatic heterocycles. The van der Waals surface area contributed by atoms with Crippen molar-refractivity contribution >= 4 is 35.0 Å². The summed E-state index contributed by atoms with van der Waals surface area (Å²) in [4.78, 5) is 12.0. The van der Waals surface area contributed by atoms with E-state index in [1.807, 2.05) is 36.4 Å². The van der Waals surface area contributed by atoms with Crippen LogP contribution in [0.15, 0.2) is 77.2 Å². The van der Waals surface area contributed by atoms with E-state index in [0.717, 1.165) is 11.3 Å². The predicted octanol–water partition coefficient (Wildman–Crippen LogP) is 4.34. The van der Waals surface area contributed by atoms with Gasteiger partial charge in [-0.25, -0.2) is 0 Å². The highest BCUT2D eigenvalue weighted by Gasteiger charge is 2.06. The molecule has 0 saturated carbocycles. The minimum atomic E-state index is -0.403. The summed E-state index contributed by atoms with van der Waals surface area (Å²) >= 11 is 5.11. The molecule has 132 valence electrons. The van der Waals surface area contributed by atoms with Gasteiger partial charge in [-0.3, -0.25) is 10.1 Å². The fourth-order valence-electron chi connectivity index (χ4n) is 2.35. The van der Waals surface area contributed by atoms with Gasteiger partial charge in [0.1, 0.15) is 17.6 Å². The summed E-state index contributed by atoms with van der Waals surface area (Å²) in [6.07, 6.45) is 2.89. The Hall–Kier alpha value is -3.69. The number of nitriles is 1. The van der Waals surface area contributed by atoms with Crippen molar-refractivity contribution in [2.75, 3.05) is 5.32 Å². The number of furan rings is 1. The summed E-state index contributed by atoms with van der Waals surface area (Å²) in [5.41, 5.74) is 1.93. The van der Waals surface area contributed by atoms with Crippen LogP contribution in [0, 0.1) is 11.3 Å². The summed E-state index contributed by atoms with van der Waals surface area (Å²) in [6, 6.07) is 22.3. The number of carbonyl (C=O) groups excluding carboxylic acids is 1. The number of nitrogens with one attached hydrogen (secondary N) is 2. The van der Waals surface area contributed by atoms with Crippen LogP contribution >= 0.6 is 12.2 Å². The van der Waals surface area contributed by atoms with Crippen molar-refractivity contribution in [1.29, 1.82) is 5.26 Å². The fraction of sp³-hybridized carbons (Fsp3) is 0. The Morgan fingerprint density at radius 3 is 2.56 bits per heavy atom. The third-order valence-electron chi connectivity index (χ3n) is 3.62. The molecule has 1 heterocycles. The van der Waals surface area contributed by atoms with Crippen LogP contribution in [0.25, 0.3) is 17.4 Å². The molecule has 0 spiro atoms. The van der Waals surface area contributed by atoms with Crippen LogP contribution in [0.1, 0.15) is 11.3 Å². The molecule has 2 N–H and O–H groups in total. The molecule has 3 rings (SSSR count). The Morgan fingerprint density at radius 2 is 1.78 bits per heavy atom. The van der Waals surface area contributed by atoms with E-state index in [9.17, 15) is 4.79 Å². The van der Waals surface area contributed by atoms with E-state index in [-0.39, 0.29) is 5.11 Å². The molecule has 0 aliphatic rings. The number of nitrogens with zero attached hydrogens (tertiary/aromatic N) is 1. The predicted molar refractivity (Wildman–Crippen MR) is 109 cm³/mol. The van der Waals surface area contributed by atoms with Crippen LogP contribution in [0.2, 0.25) is 0 Å². The van der Waals surface area contributed by atoms with Gasteiger partial charge < -0.3 is 9.73 Å². The number of hydrogen-bond acceptors (Lipinski definition) is 4. The van der Waals surface area contributed by atoms with Crippen molar-refractivity contribution in [2.45, 2.75) is 0 Å². The van der Waals surface area contributed by atoms with Gasteiger partial charge in [0, 0.05) is 11.6 Å². The molecule has 0 radical (unpaired) electrons. The number of rotatable bonds is 4. The average molecular weight is 373 g/mol. The van der Waals surface area contributed by atoms with E-state index in [0.29, 0.717) is 17.0 Å². The summed E-state index contributed by atoms with van der Waals surface area (Å²) in [5, 5.41) is 14.5. The Bertz CT molecular complexity index is 1030. The number of carbonyl (C=O) groups is 1. The third kappa shape index (κ3) is 4.91. The van der Waals surface area contributed by atoms with Gasteiger partial charge in [0.15, 0.2) is 5.11 Å². The molecule has 3 aromatic rings. The molecule has 0 fully saturated rings. The van der Waals surface area contributed by atoms with Gasteiger partial charge in [-0.1, -0.05) is 42.5 Å². The largest absolute Gasteiger partial charge is 0.457 e. The normalized spacial score (nSPS) is 10.3. The first-order chi connectivity index (χ1) is 13.2. The van der Waals surface area contributed by atoms with Crippen molar-refractivity contribution in [1.82, 2.24) is 5.32 Å². The monoisotopic (exact) mass is 373 g/mol. The maximum atomic E-state index is 12.0. The number of thiocarbonyl (C=S) groups is 1. The third-order valence-corrected chi connectivity index (χ3v) is 3.82. The van der Waals surface area contributed by atoms with Gasteiger partial charge in [0.25, 0.3) is 0 Å². The first-order valence-corrected chi connectivity index (χ1v) is 8.51. The molecule has 27 heavy (non-hydrogen) atoms. The lowest BCUT2D eigenvalue weighted by molar-refractivity contribution is -0.115. The highest BCUT2D eigenvalue weighted by Crippen LogP contribution is 2.22. The van der Waals surface area contributed by atoms with Crippen LogP contribution in [0.5, 0.6) is 0 Å². The number of para-hydroxylation sites is 1. The van der Waals surface area contributed by atoms with E-state index in [1.54, 1.807) is 36.4 Å². The van der Waals surface area contributed by atoms with Gasteiger partial charge in [-0.05, 0) is 42.6 Å². The fourth-order valence-corrected chi connectivity index (χ4v) is 2.57. The number of anilines is 1. The Labute approximate surface area is 161 Å². The van der Waals surface area contributed by atoms with Crippen molar-refractivity contribution in [3.05, 3.63) is 84.1 Å². The lowest BCUT2D eigenvalue weighted by Crippen LogP contribution is -2.33. The molecule has 0 unspecified atom stereocenters. The van der Waals surface area contributed by atoms with E-state index in [2.05, 4.69) is 16.7 Å². The van der Waals surface area contributed by atoms with Crippen molar-refractivity contribution < 1.29 is 9.21 Å². The molecule has 0 aliphatic carbocycles. The molecule has 5 nitrogen and oxygen atoms in total. The zero-order valence-corrected chi connectivity index (χ0v) is 15.0. The quantitative estimate of drug-likeness (QED) is 0.525. The van der Waals surface area contributed by atoms with Crippen LogP contribution < -0.4 is 10.6 Å². The van der Waals surface area contributed by atoms with E-state index in [4.69, 9.17) is 21.9 Å². The van der Waals surface area contributed by atoms with Gasteiger partial charge in [-0.15, -0.1) is 0 Å². The standard InChI is InChI=1S/C21H15N3O2S/c22-14-16-8-4-5-9-18(16)23-21(27)24-20(25)13-11-17-10-12-19(26-17)15-6-2-1-3-7-15/h1-13H,(H2,23,24,25,27)/b13-11+. The van der Waals surface area contributed by atoms with Crippen LogP contribution in [-0.4, -0.2) is 11.0 Å². The molecule has 0 aliphatic heterocycles. The maximum absolute atomic E-state index is 12.0. The second-order valence-electron chi connectivity index (χ2n) is 5.50. The Balaban J connectivity index is 1.58. The second kappa shape index (κ2) is 8.61. The van der Waals surface area contributed by atoms with Crippen LogP contribution in [-0.2, 0) is 4.79 Å². The van der Waals surface area contributed by atoms with Crippen molar-refractivity contribution in [3.63, 3.8) is 0 Å². The lowest BCUT2D eigenvalue weighted by atomic mass is 10.2.